The lowest BCUT2D eigenvalue weighted by atomic mass is 10.2. The second kappa shape index (κ2) is 5.99. The van der Waals surface area contributed by atoms with E-state index in [1.165, 1.54) is 0 Å². The van der Waals surface area contributed by atoms with Crippen molar-refractivity contribution >= 4 is 22.4 Å². The lowest BCUT2D eigenvalue weighted by Gasteiger charge is -2.36. The highest BCUT2D eigenvalue weighted by Crippen LogP contribution is 2.24. The predicted octanol–water partition coefficient (Wildman–Crippen LogP) is 1.22. The number of anilines is 1. The van der Waals surface area contributed by atoms with E-state index < -0.39 is 0 Å². The molecule has 0 aliphatic carbocycles. The summed E-state index contributed by atoms with van der Waals surface area (Å²) in [6, 6.07) is 7.87. The summed E-state index contributed by atoms with van der Waals surface area (Å²) < 4.78 is 1.81. The first-order chi connectivity index (χ1) is 12.8. The normalized spacial score (nSPS) is 15.9. The van der Waals surface area contributed by atoms with Crippen LogP contribution in [0, 0.1) is 0 Å². The van der Waals surface area contributed by atoms with Crippen LogP contribution in [0.2, 0.25) is 0 Å². The van der Waals surface area contributed by atoms with Gasteiger partial charge in [0.1, 0.15) is 0 Å². The Bertz CT molecular complexity index is 1120. The maximum atomic E-state index is 11.6. The average Bonchev–Trinajstić information content (AvgIpc) is 3.27. The Labute approximate surface area is 149 Å². The van der Waals surface area contributed by atoms with Crippen LogP contribution in [-0.4, -0.2) is 55.6 Å². The molecule has 5 rings (SSSR count). The fraction of sp³-hybridized carbons (Fsp3) is 0.278. The third-order valence-electron chi connectivity index (χ3n) is 4.95. The number of piperazine rings is 1. The molecule has 132 valence electrons. The Hall–Kier alpha value is -3.13. The summed E-state index contributed by atoms with van der Waals surface area (Å²) in [5.41, 5.74) is 4.69. The van der Waals surface area contributed by atoms with E-state index in [1.807, 2.05) is 35.1 Å². The third-order valence-corrected chi connectivity index (χ3v) is 4.95. The van der Waals surface area contributed by atoms with Gasteiger partial charge in [0.15, 0.2) is 5.65 Å². The average molecular weight is 349 g/mol. The maximum absolute atomic E-state index is 11.6. The van der Waals surface area contributed by atoms with E-state index in [4.69, 9.17) is 0 Å². The van der Waals surface area contributed by atoms with Crippen LogP contribution in [0.4, 0.5) is 5.69 Å². The minimum Gasteiger partial charge on any atom is -0.367 e. The van der Waals surface area contributed by atoms with E-state index in [9.17, 15) is 4.79 Å². The fourth-order valence-electron chi connectivity index (χ4n) is 3.64. The molecule has 8 heteroatoms. The van der Waals surface area contributed by atoms with Gasteiger partial charge in [0.25, 0.3) is 0 Å². The van der Waals surface area contributed by atoms with Crippen LogP contribution < -0.4 is 10.6 Å². The van der Waals surface area contributed by atoms with Gasteiger partial charge in [-0.1, -0.05) is 6.07 Å². The number of para-hydroxylation sites is 1. The molecule has 1 fully saturated rings. The van der Waals surface area contributed by atoms with Crippen LogP contribution in [0.25, 0.3) is 16.7 Å². The number of benzene rings is 1. The van der Waals surface area contributed by atoms with E-state index >= 15 is 0 Å². The van der Waals surface area contributed by atoms with Crippen LogP contribution in [0.5, 0.6) is 0 Å². The van der Waals surface area contributed by atoms with Crippen molar-refractivity contribution < 1.29 is 0 Å². The molecule has 3 aromatic heterocycles. The summed E-state index contributed by atoms with van der Waals surface area (Å²) in [4.78, 5) is 26.5. The third kappa shape index (κ3) is 2.64. The van der Waals surface area contributed by atoms with Crippen LogP contribution in [-0.2, 0) is 6.54 Å². The molecule has 1 aromatic carbocycles. The second-order valence-corrected chi connectivity index (χ2v) is 6.64. The standard InChI is InChI=1S/C18H19N7O/c26-18-21-14-2-1-3-15(17(14)22-18)24-8-6-23(7-9-24)11-13-10-19-16-4-5-20-25(16)12-13/h1-5,10,12H,6-9,11H2,(H2,21,22,26). The Balaban J connectivity index is 1.30. The lowest BCUT2D eigenvalue weighted by molar-refractivity contribution is 0.249. The highest BCUT2D eigenvalue weighted by atomic mass is 16.1. The first-order valence-corrected chi connectivity index (χ1v) is 8.73. The maximum Gasteiger partial charge on any atom is 0.323 e. The van der Waals surface area contributed by atoms with Crippen molar-refractivity contribution in [3.8, 4) is 0 Å². The van der Waals surface area contributed by atoms with E-state index in [-0.39, 0.29) is 5.69 Å². The monoisotopic (exact) mass is 349 g/mol. The molecular formula is C18H19N7O. The van der Waals surface area contributed by atoms with Gasteiger partial charge in [-0.15, -0.1) is 0 Å². The number of imidazole rings is 1. The number of H-pyrrole nitrogens is 2. The van der Waals surface area contributed by atoms with Gasteiger partial charge in [-0.2, -0.15) is 5.10 Å². The number of aromatic amines is 2. The van der Waals surface area contributed by atoms with Crippen molar-refractivity contribution in [1.29, 1.82) is 0 Å². The number of hydrogen-bond acceptors (Lipinski definition) is 5. The zero-order chi connectivity index (χ0) is 17.5. The zero-order valence-corrected chi connectivity index (χ0v) is 14.2. The number of nitrogens with one attached hydrogen (secondary N) is 2. The number of hydrogen-bond donors (Lipinski definition) is 2. The highest BCUT2D eigenvalue weighted by molar-refractivity contribution is 5.88. The van der Waals surface area contributed by atoms with Crippen LogP contribution in [0.1, 0.15) is 5.56 Å². The van der Waals surface area contributed by atoms with Crippen LogP contribution in [0.15, 0.2) is 47.7 Å². The van der Waals surface area contributed by atoms with Crippen molar-refractivity contribution in [3.63, 3.8) is 0 Å². The molecule has 0 amide bonds. The second-order valence-electron chi connectivity index (χ2n) is 6.64. The SMILES string of the molecule is O=c1[nH]c2cccc(N3CCN(Cc4cnc5ccnn5c4)CC3)c2[nH]1. The van der Waals surface area contributed by atoms with Crippen molar-refractivity contribution in [2.45, 2.75) is 6.54 Å². The molecule has 26 heavy (non-hydrogen) atoms. The Kier molecular flexibility index (Phi) is 3.49. The van der Waals surface area contributed by atoms with Crippen molar-refractivity contribution in [3.05, 3.63) is 58.9 Å². The molecule has 0 unspecified atom stereocenters. The number of fused-ring (bicyclic) bond motifs is 2. The first-order valence-electron chi connectivity index (χ1n) is 8.73. The molecule has 0 spiro atoms. The molecule has 0 bridgehead atoms. The summed E-state index contributed by atoms with van der Waals surface area (Å²) in [5, 5.41) is 4.25. The van der Waals surface area contributed by atoms with E-state index in [0.29, 0.717) is 0 Å². The molecule has 1 aliphatic rings. The smallest absolute Gasteiger partial charge is 0.323 e. The first kappa shape index (κ1) is 15.2. The molecule has 2 N–H and O–H groups in total. The molecule has 0 radical (unpaired) electrons. The summed E-state index contributed by atoms with van der Waals surface area (Å²) in [7, 11) is 0. The molecule has 4 aromatic rings. The molecule has 8 nitrogen and oxygen atoms in total. The van der Waals surface area contributed by atoms with Crippen LogP contribution in [0.3, 0.4) is 0 Å². The van der Waals surface area contributed by atoms with Crippen molar-refractivity contribution in [1.82, 2.24) is 29.5 Å². The van der Waals surface area contributed by atoms with Crippen LogP contribution >= 0.6 is 0 Å². The minimum atomic E-state index is -0.160. The minimum absolute atomic E-state index is 0.160. The van der Waals surface area contributed by atoms with E-state index in [2.05, 4.69) is 35.9 Å². The molecule has 1 aliphatic heterocycles. The van der Waals surface area contributed by atoms with Gasteiger partial charge in [-0.05, 0) is 12.1 Å². The van der Waals surface area contributed by atoms with E-state index in [0.717, 1.165) is 60.7 Å². The van der Waals surface area contributed by atoms with Gasteiger partial charge in [0, 0.05) is 56.7 Å². The number of nitrogens with zero attached hydrogens (tertiary/aromatic N) is 5. The molecule has 0 saturated carbocycles. The molecule has 1 saturated heterocycles. The summed E-state index contributed by atoms with van der Waals surface area (Å²) in [5.74, 6) is 0. The number of rotatable bonds is 3. The lowest BCUT2D eigenvalue weighted by Crippen LogP contribution is -2.46. The van der Waals surface area contributed by atoms with Gasteiger partial charge in [0.05, 0.1) is 22.9 Å². The molecule has 4 heterocycles. The van der Waals surface area contributed by atoms with Gasteiger partial charge >= 0.3 is 5.69 Å². The fourth-order valence-corrected chi connectivity index (χ4v) is 3.64. The quantitative estimate of drug-likeness (QED) is 0.581. The summed E-state index contributed by atoms with van der Waals surface area (Å²) in [6.45, 7) is 4.62. The Morgan fingerprint density at radius 3 is 2.85 bits per heavy atom. The Morgan fingerprint density at radius 2 is 1.96 bits per heavy atom. The Morgan fingerprint density at radius 1 is 1.08 bits per heavy atom. The van der Waals surface area contributed by atoms with Gasteiger partial charge < -0.3 is 14.9 Å². The largest absolute Gasteiger partial charge is 0.367 e. The zero-order valence-electron chi connectivity index (χ0n) is 14.2. The van der Waals surface area contributed by atoms with Gasteiger partial charge in [0.2, 0.25) is 0 Å². The number of aromatic nitrogens is 5. The summed E-state index contributed by atoms with van der Waals surface area (Å²) in [6.07, 6.45) is 5.73. The van der Waals surface area contributed by atoms with E-state index in [1.54, 1.807) is 6.20 Å². The molecule has 0 atom stereocenters. The van der Waals surface area contributed by atoms with Crippen molar-refractivity contribution in [2.24, 2.45) is 0 Å². The topological polar surface area (TPSA) is 85.3 Å². The van der Waals surface area contributed by atoms with Crippen molar-refractivity contribution in [2.75, 3.05) is 31.1 Å². The summed E-state index contributed by atoms with van der Waals surface area (Å²) >= 11 is 0. The highest BCUT2D eigenvalue weighted by Gasteiger charge is 2.19. The van der Waals surface area contributed by atoms with Gasteiger partial charge in [-0.3, -0.25) is 4.90 Å². The molecular weight excluding hydrogens is 330 g/mol. The van der Waals surface area contributed by atoms with Gasteiger partial charge in [-0.25, -0.2) is 14.3 Å². The predicted molar refractivity (Wildman–Crippen MR) is 99.4 cm³/mol.